The van der Waals surface area contributed by atoms with Crippen LogP contribution < -0.4 is 4.74 Å². The van der Waals surface area contributed by atoms with Gasteiger partial charge < -0.3 is 4.74 Å². The Kier molecular flexibility index (Phi) is 2.74. The van der Waals surface area contributed by atoms with Crippen LogP contribution >= 0.6 is 27.3 Å². The van der Waals surface area contributed by atoms with E-state index >= 15 is 0 Å². The molecule has 0 spiro atoms. The van der Waals surface area contributed by atoms with Crippen molar-refractivity contribution >= 4 is 27.3 Å². The van der Waals surface area contributed by atoms with Crippen molar-refractivity contribution in [3.05, 3.63) is 34.0 Å². The van der Waals surface area contributed by atoms with Crippen molar-refractivity contribution in [3.63, 3.8) is 0 Å². The molecule has 0 unspecified atom stereocenters. The molecule has 0 aliphatic heterocycles. The smallest absolute Gasteiger partial charge is 0.299 e. The van der Waals surface area contributed by atoms with E-state index in [4.69, 9.17) is 4.74 Å². The zero-order chi connectivity index (χ0) is 9.97. The second-order valence-corrected chi connectivity index (χ2v) is 4.03. The van der Waals surface area contributed by atoms with Crippen molar-refractivity contribution in [2.45, 2.75) is 0 Å². The third-order valence-corrected chi connectivity index (χ3v) is 2.65. The zero-order valence-electron chi connectivity index (χ0n) is 6.78. The number of benzene rings is 1. The van der Waals surface area contributed by atoms with Gasteiger partial charge in [0.15, 0.2) is 0 Å². The summed E-state index contributed by atoms with van der Waals surface area (Å²) >= 11 is 4.30. The summed E-state index contributed by atoms with van der Waals surface area (Å²) in [6.45, 7) is 0. The maximum Gasteiger partial charge on any atom is 0.299 e. The first-order valence-corrected chi connectivity index (χ1v) is 5.32. The van der Waals surface area contributed by atoms with E-state index in [9.17, 15) is 4.39 Å². The molecule has 0 fully saturated rings. The van der Waals surface area contributed by atoms with Crippen LogP contribution in [-0.4, -0.2) is 10.2 Å². The summed E-state index contributed by atoms with van der Waals surface area (Å²) in [5.41, 5.74) is 1.55. The summed E-state index contributed by atoms with van der Waals surface area (Å²) in [7, 11) is 0. The van der Waals surface area contributed by atoms with Crippen LogP contribution in [0.3, 0.4) is 0 Å². The number of hydrogen-bond acceptors (Lipinski definition) is 4. The highest BCUT2D eigenvalue weighted by molar-refractivity contribution is 9.10. The SMILES string of the molecule is Fc1cc(Oc2nncs2)ccc1Br. The van der Waals surface area contributed by atoms with Gasteiger partial charge >= 0.3 is 0 Å². The molecule has 0 saturated heterocycles. The maximum absolute atomic E-state index is 13.0. The number of rotatable bonds is 2. The standard InChI is InChI=1S/C8H4BrFN2OS/c9-6-2-1-5(3-7(6)10)13-8-12-11-4-14-8/h1-4H. The summed E-state index contributed by atoms with van der Waals surface area (Å²) in [5, 5.41) is 7.67. The lowest BCUT2D eigenvalue weighted by molar-refractivity contribution is 0.467. The van der Waals surface area contributed by atoms with Gasteiger partial charge in [0.25, 0.3) is 5.19 Å². The number of ether oxygens (including phenoxy) is 1. The summed E-state index contributed by atoms with van der Waals surface area (Å²) in [4.78, 5) is 0. The Bertz CT molecular complexity index is 435. The highest BCUT2D eigenvalue weighted by Gasteiger charge is 2.04. The van der Waals surface area contributed by atoms with Gasteiger partial charge in [0.2, 0.25) is 0 Å². The zero-order valence-corrected chi connectivity index (χ0v) is 9.18. The molecule has 14 heavy (non-hydrogen) atoms. The summed E-state index contributed by atoms with van der Waals surface area (Å²) < 4.78 is 18.7. The van der Waals surface area contributed by atoms with Crippen LogP contribution in [0.25, 0.3) is 0 Å². The molecular weight excluding hydrogens is 271 g/mol. The van der Waals surface area contributed by atoms with Crippen molar-refractivity contribution < 1.29 is 9.13 Å². The molecule has 0 aliphatic rings. The van der Waals surface area contributed by atoms with E-state index in [1.165, 1.54) is 17.4 Å². The Morgan fingerprint density at radius 1 is 1.43 bits per heavy atom. The molecule has 0 aliphatic carbocycles. The van der Waals surface area contributed by atoms with E-state index in [2.05, 4.69) is 26.1 Å². The van der Waals surface area contributed by atoms with Crippen LogP contribution in [-0.2, 0) is 0 Å². The van der Waals surface area contributed by atoms with Gasteiger partial charge in [0, 0.05) is 6.07 Å². The molecule has 0 N–H and O–H groups in total. The normalized spacial score (nSPS) is 10.1. The average molecular weight is 275 g/mol. The van der Waals surface area contributed by atoms with Crippen LogP contribution in [0.4, 0.5) is 4.39 Å². The van der Waals surface area contributed by atoms with Gasteiger partial charge in [0.1, 0.15) is 17.1 Å². The van der Waals surface area contributed by atoms with Crippen LogP contribution in [0, 0.1) is 5.82 Å². The lowest BCUT2D eigenvalue weighted by atomic mass is 10.3. The van der Waals surface area contributed by atoms with E-state index in [1.807, 2.05) is 0 Å². The summed E-state index contributed by atoms with van der Waals surface area (Å²) in [5.74, 6) is 0.0365. The third-order valence-electron chi connectivity index (χ3n) is 1.44. The van der Waals surface area contributed by atoms with Gasteiger partial charge in [-0.3, -0.25) is 0 Å². The first-order chi connectivity index (χ1) is 6.75. The number of nitrogens with zero attached hydrogens (tertiary/aromatic N) is 2. The Morgan fingerprint density at radius 3 is 2.93 bits per heavy atom. The largest absolute Gasteiger partial charge is 0.430 e. The molecular formula is C8H4BrFN2OS. The van der Waals surface area contributed by atoms with Gasteiger partial charge in [-0.2, -0.15) is 0 Å². The quantitative estimate of drug-likeness (QED) is 0.844. The fourth-order valence-electron chi connectivity index (χ4n) is 0.849. The van der Waals surface area contributed by atoms with E-state index in [0.717, 1.165) is 0 Å². The second kappa shape index (κ2) is 4.02. The average Bonchev–Trinajstić information content (AvgIpc) is 2.64. The minimum atomic E-state index is -0.369. The van der Waals surface area contributed by atoms with Crippen molar-refractivity contribution in [2.24, 2.45) is 0 Å². The number of aromatic nitrogens is 2. The molecule has 2 rings (SSSR count). The number of halogens is 2. The first kappa shape index (κ1) is 9.54. The van der Waals surface area contributed by atoms with Crippen LogP contribution in [0.15, 0.2) is 28.2 Å². The molecule has 0 radical (unpaired) electrons. The minimum absolute atomic E-state index is 0.369. The molecule has 72 valence electrons. The summed E-state index contributed by atoms with van der Waals surface area (Å²) in [6.07, 6.45) is 0. The Hall–Kier alpha value is -1.01. The second-order valence-electron chi connectivity index (χ2n) is 2.38. The van der Waals surface area contributed by atoms with Gasteiger partial charge in [-0.1, -0.05) is 16.4 Å². The fourth-order valence-corrected chi connectivity index (χ4v) is 1.52. The molecule has 0 amide bonds. The molecule has 0 atom stereocenters. The minimum Gasteiger partial charge on any atom is -0.430 e. The van der Waals surface area contributed by atoms with Crippen LogP contribution in [0.2, 0.25) is 0 Å². The predicted octanol–water partition coefficient (Wildman–Crippen LogP) is 3.23. The topological polar surface area (TPSA) is 35.0 Å². The number of hydrogen-bond donors (Lipinski definition) is 0. The van der Waals surface area contributed by atoms with Gasteiger partial charge in [-0.05, 0) is 28.1 Å². The molecule has 1 aromatic heterocycles. The van der Waals surface area contributed by atoms with Crippen LogP contribution in [0.1, 0.15) is 0 Å². The van der Waals surface area contributed by atoms with Gasteiger partial charge in [0.05, 0.1) is 4.47 Å². The van der Waals surface area contributed by atoms with Crippen molar-refractivity contribution in [2.75, 3.05) is 0 Å². The highest BCUT2D eigenvalue weighted by Crippen LogP contribution is 2.25. The van der Waals surface area contributed by atoms with E-state index in [-0.39, 0.29) is 5.82 Å². The first-order valence-electron chi connectivity index (χ1n) is 3.65. The molecule has 2 aromatic rings. The Morgan fingerprint density at radius 2 is 2.29 bits per heavy atom. The van der Waals surface area contributed by atoms with E-state index in [0.29, 0.717) is 15.4 Å². The maximum atomic E-state index is 13.0. The van der Waals surface area contributed by atoms with Crippen molar-refractivity contribution in [1.29, 1.82) is 0 Å². The molecule has 1 aromatic carbocycles. The molecule has 0 saturated carbocycles. The molecule has 6 heteroatoms. The van der Waals surface area contributed by atoms with Crippen LogP contribution in [0.5, 0.6) is 10.9 Å². The fraction of sp³-hybridized carbons (Fsp3) is 0. The summed E-state index contributed by atoms with van der Waals surface area (Å²) in [6, 6.07) is 4.51. The highest BCUT2D eigenvalue weighted by atomic mass is 79.9. The van der Waals surface area contributed by atoms with E-state index < -0.39 is 0 Å². The van der Waals surface area contributed by atoms with Crippen molar-refractivity contribution in [3.8, 4) is 10.9 Å². The lowest BCUT2D eigenvalue weighted by Gasteiger charge is -2.01. The van der Waals surface area contributed by atoms with Gasteiger partial charge in [-0.25, -0.2) is 4.39 Å². The molecule has 0 bridgehead atoms. The predicted molar refractivity (Wildman–Crippen MR) is 54.1 cm³/mol. The van der Waals surface area contributed by atoms with E-state index in [1.54, 1.807) is 17.6 Å². The third kappa shape index (κ3) is 2.08. The lowest BCUT2D eigenvalue weighted by Crippen LogP contribution is -1.85. The molecule has 1 heterocycles. The van der Waals surface area contributed by atoms with Gasteiger partial charge in [-0.15, -0.1) is 5.10 Å². The Labute approximate surface area is 91.7 Å². The van der Waals surface area contributed by atoms with Crippen molar-refractivity contribution in [1.82, 2.24) is 10.2 Å². The Balaban J connectivity index is 2.22. The molecule has 3 nitrogen and oxygen atoms in total. The monoisotopic (exact) mass is 274 g/mol.